The van der Waals surface area contributed by atoms with Gasteiger partial charge in [-0.3, -0.25) is 0 Å². The van der Waals surface area contributed by atoms with Gasteiger partial charge in [0.15, 0.2) is 5.65 Å². The molecule has 0 atom stereocenters. The predicted molar refractivity (Wildman–Crippen MR) is 129 cm³/mol. The number of anilines is 2. The second kappa shape index (κ2) is 8.76. The van der Waals surface area contributed by atoms with E-state index in [1.165, 1.54) is 0 Å². The summed E-state index contributed by atoms with van der Waals surface area (Å²) in [5, 5.41) is 8.64. The maximum Gasteiger partial charge on any atom is 0.157 e. The summed E-state index contributed by atoms with van der Waals surface area (Å²) >= 11 is 6.42. The van der Waals surface area contributed by atoms with Gasteiger partial charge in [-0.25, -0.2) is 9.97 Å². The fourth-order valence-corrected chi connectivity index (χ4v) is 4.23. The topological polar surface area (TPSA) is 61.6 Å². The number of nitrogens with one attached hydrogen (secondary N) is 1. The zero-order valence-electron chi connectivity index (χ0n) is 18.3. The number of piperazine rings is 1. The van der Waals surface area contributed by atoms with Gasteiger partial charge in [-0.15, -0.1) is 0 Å². The van der Waals surface area contributed by atoms with Crippen molar-refractivity contribution in [3.63, 3.8) is 0 Å². The van der Waals surface area contributed by atoms with E-state index in [4.69, 9.17) is 21.6 Å². The lowest BCUT2D eigenvalue weighted by atomic mass is 10.1. The van der Waals surface area contributed by atoms with E-state index < -0.39 is 0 Å². The summed E-state index contributed by atoms with van der Waals surface area (Å²) in [7, 11) is 2.16. The van der Waals surface area contributed by atoms with Crippen LogP contribution in [0, 0.1) is 6.92 Å². The molecule has 0 bridgehead atoms. The molecular formula is C24H26ClN7. The molecule has 5 rings (SSSR count). The molecule has 0 saturated carbocycles. The lowest BCUT2D eigenvalue weighted by Crippen LogP contribution is -2.44. The fourth-order valence-electron chi connectivity index (χ4n) is 3.93. The molecule has 1 aliphatic rings. The van der Waals surface area contributed by atoms with E-state index >= 15 is 0 Å². The third kappa shape index (κ3) is 4.26. The summed E-state index contributed by atoms with van der Waals surface area (Å²) in [5.74, 6) is 1.87. The fraction of sp³-hybridized carbons (Fsp3) is 0.292. The van der Waals surface area contributed by atoms with E-state index in [0.29, 0.717) is 6.54 Å². The Kier molecular flexibility index (Phi) is 5.68. The maximum absolute atomic E-state index is 6.42. The molecule has 1 aromatic carbocycles. The van der Waals surface area contributed by atoms with Crippen molar-refractivity contribution in [3.8, 4) is 11.3 Å². The SMILES string of the molecule is Cc1ccc(CNc2cc(-c3ccc(N4CCN(C)CC4)nc3)nc3ccnn23)c(Cl)c1. The number of hydrogen-bond donors (Lipinski definition) is 1. The summed E-state index contributed by atoms with van der Waals surface area (Å²) in [6, 6.07) is 14.2. The van der Waals surface area contributed by atoms with E-state index in [-0.39, 0.29) is 0 Å². The first-order chi connectivity index (χ1) is 15.6. The summed E-state index contributed by atoms with van der Waals surface area (Å²) in [6.45, 7) is 6.75. The molecule has 1 N–H and O–H groups in total. The average molecular weight is 448 g/mol. The van der Waals surface area contributed by atoms with Gasteiger partial charge >= 0.3 is 0 Å². The van der Waals surface area contributed by atoms with Crippen molar-refractivity contribution in [1.82, 2.24) is 24.5 Å². The highest BCUT2D eigenvalue weighted by Crippen LogP contribution is 2.25. The highest BCUT2D eigenvalue weighted by atomic mass is 35.5. The summed E-state index contributed by atoms with van der Waals surface area (Å²) in [4.78, 5) is 14.2. The lowest BCUT2D eigenvalue weighted by molar-refractivity contribution is 0.312. The molecule has 0 unspecified atom stereocenters. The molecule has 32 heavy (non-hydrogen) atoms. The van der Waals surface area contributed by atoms with Crippen LogP contribution in [0.5, 0.6) is 0 Å². The van der Waals surface area contributed by atoms with Crippen LogP contribution >= 0.6 is 11.6 Å². The number of hydrogen-bond acceptors (Lipinski definition) is 6. The van der Waals surface area contributed by atoms with Gasteiger partial charge in [0.05, 0.1) is 11.9 Å². The van der Waals surface area contributed by atoms with Crippen LogP contribution in [0.2, 0.25) is 5.02 Å². The van der Waals surface area contributed by atoms with Gasteiger partial charge in [-0.05, 0) is 43.3 Å². The average Bonchev–Trinajstić information content (AvgIpc) is 3.28. The molecule has 4 heterocycles. The largest absolute Gasteiger partial charge is 0.366 e. The monoisotopic (exact) mass is 447 g/mol. The van der Waals surface area contributed by atoms with Crippen molar-refractivity contribution >= 4 is 28.9 Å². The number of aromatic nitrogens is 4. The van der Waals surface area contributed by atoms with Crippen LogP contribution < -0.4 is 10.2 Å². The number of aryl methyl sites for hydroxylation is 1. The van der Waals surface area contributed by atoms with Crippen LogP contribution in [-0.4, -0.2) is 57.7 Å². The molecule has 8 heteroatoms. The minimum Gasteiger partial charge on any atom is -0.366 e. The van der Waals surface area contributed by atoms with Gasteiger partial charge in [0.1, 0.15) is 11.6 Å². The highest BCUT2D eigenvalue weighted by molar-refractivity contribution is 6.31. The first kappa shape index (κ1) is 20.7. The first-order valence-corrected chi connectivity index (χ1v) is 11.2. The van der Waals surface area contributed by atoms with Gasteiger partial charge in [0.25, 0.3) is 0 Å². The first-order valence-electron chi connectivity index (χ1n) is 10.8. The molecule has 7 nitrogen and oxygen atoms in total. The Bertz CT molecular complexity index is 1230. The number of nitrogens with zero attached hydrogens (tertiary/aromatic N) is 6. The second-order valence-corrected chi connectivity index (χ2v) is 8.68. The Balaban J connectivity index is 1.40. The number of fused-ring (bicyclic) bond motifs is 1. The second-order valence-electron chi connectivity index (χ2n) is 8.27. The molecule has 0 radical (unpaired) electrons. The van der Waals surface area contributed by atoms with E-state index in [9.17, 15) is 0 Å². The molecule has 0 spiro atoms. The zero-order chi connectivity index (χ0) is 22.1. The van der Waals surface area contributed by atoms with Crippen molar-refractivity contribution in [2.45, 2.75) is 13.5 Å². The smallest absolute Gasteiger partial charge is 0.157 e. The summed E-state index contributed by atoms with van der Waals surface area (Å²) < 4.78 is 1.80. The molecule has 4 aromatic rings. The van der Waals surface area contributed by atoms with Crippen molar-refractivity contribution in [2.75, 3.05) is 43.4 Å². The Morgan fingerprint density at radius 3 is 2.62 bits per heavy atom. The van der Waals surface area contributed by atoms with Crippen LogP contribution in [0.25, 0.3) is 16.9 Å². The number of benzene rings is 1. The lowest BCUT2D eigenvalue weighted by Gasteiger charge is -2.33. The van der Waals surface area contributed by atoms with Gasteiger partial charge < -0.3 is 15.1 Å². The Morgan fingerprint density at radius 2 is 1.88 bits per heavy atom. The molecule has 0 aliphatic carbocycles. The molecule has 1 aliphatic heterocycles. The minimum atomic E-state index is 0.595. The van der Waals surface area contributed by atoms with E-state index in [2.05, 4.69) is 45.5 Å². The molecule has 3 aromatic heterocycles. The van der Waals surface area contributed by atoms with Crippen LogP contribution in [0.3, 0.4) is 0 Å². The Labute approximate surface area is 192 Å². The molecule has 1 saturated heterocycles. The van der Waals surface area contributed by atoms with Gasteiger partial charge in [0, 0.05) is 61.6 Å². The third-order valence-corrected chi connectivity index (χ3v) is 6.25. The third-order valence-electron chi connectivity index (χ3n) is 5.90. The van der Waals surface area contributed by atoms with Gasteiger partial charge in [-0.1, -0.05) is 23.7 Å². The van der Waals surface area contributed by atoms with Gasteiger partial charge in [0.2, 0.25) is 0 Å². The van der Waals surface area contributed by atoms with Crippen molar-refractivity contribution in [3.05, 3.63) is 71.0 Å². The maximum atomic E-state index is 6.42. The summed E-state index contributed by atoms with van der Waals surface area (Å²) in [6.07, 6.45) is 3.66. The minimum absolute atomic E-state index is 0.595. The van der Waals surface area contributed by atoms with Crippen LogP contribution in [0.1, 0.15) is 11.1 Å². The standard InChI is InChI=1S/C24H26ClN7/c1-17-3-4-18(20(25)13-17)15-27-24-14-21(29-23-7-8-28-32(23)24)19-5-6-22(26-16-19)31-11-9-30(2)10-12-31/h3-8,13-14,16,27H,9-12,15H2,1-2H3. The molecule has 1 fully saturated rings. The Hall–Kier alpha value is -3.16. The van der Waals surface area contributed by atoms with Crippen LogP contribution in [0.4, 0.5) is 11.6 Å². The molecule has 164 valence electrons. The predicted octanol–water partition coefficient (Wildman–Crippen LogP) is 4.12. The molecular weight excluding hydrogens is 422 g/mol. The normalized spacial score (nSPS) is 14.8. The van der Waals surface area contributed by atoms with Crippen molar-refractivity contribution < 1.29 is 0 Å². The molecule has 0 amide bonds. The Morgan fingerprint density at radius 1 is 1.03 bits per heavy atom. The summed E-state index contributed by atoms with van der Waals surface area (Å²) in [5.41, 5.74) is 4.79. The zero-order valence-corrected chi connectivity index (χ0v) is 19.0. The highest BCUT2D eigenvalue weighted by Gasteiger charge is 2.16. The van der Waals surface area contributed by atoms with E-state index in [0.717, 1.165) is 70.9 Å². The number of pyridine rings is 1. The number of rotatable bonds is 5. The van der Waals surface area contributed by atoms with Gasteiger partial charge in [-0.2, -0.15) is 9.61 Å². The van der Waals surface area contributed by atoms with E-state index in [1.807, 2.05) is 37.4 Å². The quantitative estimate of drug-likeness (QED) is 0.496. The number of likely N-dealkylation sites (N-methyl/N-ethyl adjacent to an activating group) is 1. The van der Waals surface area contributed by atoms with Crippen LogP contribution in [0.15, 0.2) is 54.9 Å². The van der Waals surface area contributed by atoms with Crippen molar-refractivity contribution in [1.29, 1.82) is 0 Å². The van der Waals surface area contributed by atoms with E-state index in [1.54, 1.807) is 10.7 Å². The number of halogens is 1. The van der Waals surface area contributed by atoms with Crippen LogP contribution in [-0.2, 0) is 6.54 Å². The van der Waals surface area contributed by atoms with Crippen molar-refractivity contribution in [2.24, 2.45) is 0 Å².